The van der Waals surface area contributed by atoms with Crippen LogP contribution in [0.4, 0.5) is 0 Å². The number of nitrogens with one attached hydrogen (secondary N) is 1. The fourth-order valence-corrected chi connectivity index (χ4v) is 1.65. The second-order valence-electron chi connectivity index (χ2n) is 4.00. The van der Waals surface area contributed by atoms with E-state index in [1.807, 2.05) is 25.6 Å². The van der Waals surface area contributed by atoms with E-state index >= 15 is 0 Å². The van der Waals surface area contributed by atoms with Crippen molar-refractivity contribution in [3.63, 3.8) is 0 Å². The summed E-state index contributed by atoms with van der Waals surface area (Å²) in [6, 6.07) is 0. The van der Waals surface area contributed by atoms with Crippen LogP contribution in [0.5, 0.6) is 0 Å². The molecule has 0 saturated carbocycles. The molecule has 2 nitrogen and oxygen atoms in total. The zero-order chi connectivity index (χ0) is 9.61. The molecule has 0 saturated heterocycles. The van der Waals surface area contributed by atoms with Crippen molar-refractivity contribution in [3.8, 4) is 0 Å². The molecule has 1 atom stereocenters. The summed E-state index contributed by atoms with van der Waals surface area (Å²) in [6.45, 7) is 7.52. The number of thioether (sulfide) groups is 1. The number of aliphatic hydroxyl groups is 1. The second kappa shape index (κ2) is 5.84. The number of hydrogen-bond donors (Lipinski definition) is 2. The lowest BCUT2D eigenvalue weighted by Gasteiger charge is -2.19. The van der Waals surface area contributed by atoms with Gasteiger partial charge in [-0.1, -0.05) is 6.92 Å². The Morgan fingerprint density at radius 1 is 1.50 bits per heavy atom. The van der Waals surface area contributed by atoms with Gasteiger partial charge in [-0.05, 0) is 38.3 Å². The average molecular weight is 191 g/mol. The fraction of sp³-hybridized carbons (Fsp3) is 1.00. The molecule has 1 unspecified atom stereocenters. The van der Waals surface area contributed by atoms with Crippen molar-refractivity contribution in [1.82, 2.24) is 5.32 Å². The van der Waals surface area contributed by atoms with Gasteiger partial charge in [0, 0.05) is 6.54 Å². The maximum absolute atomic E-state index is 9.39. The smallest absolute Gasteiger partial charge is 0.0715 e. The third-order valence-electron chi connectivity index (χ3n) is 1.50. The quantitative estimate of drug-likeness (QED) is 0.664. The van der Waals surface area contributed by atoms with Gasteiger partial charge in [-0.15, -0.1) is 0 Å². The van der Waals surface area contributed by atoms with Gasteiger partial charge < -0.3 is 10.4 Å². The van der Waals surface area contributed by atoms with E-state index in [9.17, 15) is 5.11 Å². The highest BCUT2D eigenvalue weighted by molar-refractivity contribution is 7.98. The van der Waals surface area contributed by atoms with Gasteiger partial charge in [0.25, 0.3) is 0 Å². The minimum atomic E-state index is -0.584. The van der Waals surface area contributed by atoms with Gasteiger partial charge in [0.15, 0.2) is 0 Å². The molecule has 0 aliphatic heterocycles. The van der Waals surface area contributed by atoms with E-state index in [-0.39, 0.29) is 0 Å². The van der Waals surface area contributed by atoms with Crippen LogP contribution in [0, 0.1) is 5.92 Å². The van der Waals surface area contributed by atoms with Gasteiger partial charge in [-0.25, -0.2) is 0 Å². The lowest BCUT2D eigenvalue weighted by atomic mass is 10.1. The van der Waals surface area contributed by atoms with Crippen molar-refractivity contribution in [2.75, 3.05) is 25.1 Å². The zero-order valence-electron chi connectivity index (χ0n) is 8.55. The van der Waals surface area contributed by atoms with E-state index < -0.39 is 5.60 Å². The number of hydrogen-bond acceptors (Lipinski definition) is 3. The first-order valence-corrected chi connectivity index (χ1v) is 5.77. The Labute approximate surface area is 80.1 Å². The Hall–Kier alpha value is 0.270. The largest absolute Gasteiger partial charge is 0.389 e. The summed E-state index contributed by atoms with van der Waals surface area (Å²) in [5.41, 5.74) is -0.584. The standard InChI is InChI=1S/C9H21NOS/c1-8(6-12-4)5-10-7-9(2,3)11/h8,10-11H,5-7H2,1-4H3. The highest BCUT2D eigenvalue weighted by atomic mass is 32.2. The molecular weight excluding hydrogens is 170 g/mol. The Balaban J connectivity index is 3.31. The molecule has 0 aliphatic rings. The van der Waals surface area contributed by atoms with E-state index in [1.54, 1.807) is 0 Å². The summed E-state index contributed by atoms with van der Waals surface area (Å²) in [6.07, 6.45) is 2.12. The van der Waals surface area contributed by atoms with Crippen LogP contribution in [0.3, 0.4) is 0 Å². The fourth-order valence-electron chi connectivity index (χ4n) is 0.968. The van der Waals surface area contributed by atoms with Crippen LogP contribution in [-0.4, -0.2) is 35.8 Å². The van der Waals surface area contributed by atoms with Gasteiger partial charge in [-0.3, -0.25) is 0 Å². The summed E-state index contributed by atoms with van der Waals surface area (Å²) in [4.78, 5) is 0. The van der Waals surface area contributed by atoms with Crippen molar-refractivity contribution in [1.29, 1.82) is 0 Å². The molecule has 12 heavy (non-hydrogen) atoms. The Kier molecular flexibility index (Phi) is 5.97. The normalized spacial score (nSPS) is 14.8. The second-order valence-corrected chi connectivity index (χ2v) is 4.91. The molecule has 0 aromatic heterocycles. The van der Waals surface area contributed by atoms with E-state index in [4.69, 9.17) is 0 Å². The molecule has 0 bridgehead atoms. The van der Waals surface area contributed by atoms with E-state index in [0.29, 0.717) is 12.5 Å². The van der Waals surface area contributed by atoms with E-state index in [1.165, 1.54) is 5.75 Å². The van der Waals surface area contributed by atoms with Crippen LogP contribution < -0.4 is 5.32 Å². The van der Waals surface area contributed by atoms with Crippen LogP contribution >= 0.6 is 11.8 Å². The van der Waals surface area contributed by atoms with Crippen molar-refractivity contribution in [3.05, 3.63) is 0 Å². The first kappa shape index (κ1) is 12.3. The van der Waals surface area contributed by atoms with Gasteiger partial charge in [0.1, 0.15) is 0 Å². The third kappa shape index (κ3) is 8.37. The monoisotopic (exact) mass is 191 g/mol. The molecule has 0 aromatic rings. The predicted molar refractivity (Wildman–Crippen MR) is 56.7 cm³/mol. The minimum absolute atomic E-state index is 0.584. The Morgan fingerprint density at radius 2 is 2.08 bits per heavy atom. The molecule has 0 radical (unpaired) electrons. The minimum Gasteiger partial charge on any atom is -0.389 e. The van der Waals surface area contributed by atoms with Crippen LogP contribution in [0.2, 0.25) is 0 Å². The lowest BCUT2D eigenvalue weighted by molar-refractivity contribution is 0.0792. The summed E-state index contributed by atoms with van der Waals surface area (Å²) in [5, 5.41) is 12.6. The first-order chi connectivity index (χ1) is 5.45. The summed E-state index contributed by atoms with van der Waals surface area (Å²) in [5.74, 6) is 1.86. The maximum atomic E-state index is 9.39. The summed E-state index contributed by atoms with van der Waals surface area (Å²) in [7, 11) is 0. The summed E-state index contributed by atoms with van der Waals surface area (Å²) < 4.78 is 0. The van der Waals surface area contributed by atoms with Gasteiger partial charge in [0.2, 0.25) is 0 Å². The Bertz CT molecular complexity index is 112. The molecule has 3 heteroatoms. The molecule has 0 amide bonds. The molecule has 74 valence electrons. The molecule has 0 aromatic carbocycles. The third-order valence-corrected chi connectivity index (χ3v) is 2.40. The van der Waals surface area contributed by atoms with Crippen molar-refractivity contribution in [2.24, 2.45) is 5.92 Å². The van der Waals surface area contributed by atoms with Crippen LogP contribution in [0.1, 0.15) is 20.8 Å². The highest BCUT2D eigenvalue weighted by Crippen LogP contribution is 2.03. The molecular formula is C9H21NOS. The topological polar surface area (TPSA) is 32.3 Å². The molecule has 0 heterocycles. The SMILES string of the molecule is CSCC(C)CNCC(C)(C)O. The van der Waals surface area contributed by atoms with Gasteiger partial charge >= 0.3 is 0 Å². The van der Waals surface area contributed by atoms with Crippen molar-refractivity contribution >= 4 is 11.8 Å². The predicted octanol–water partition coefficient (Wildman–Crippen LogP) is 1.35. The first-order valence-electron chi connectivity index (χ1n) is 4.38. The maximum Gasteiger partial charge on any atom is 0.0715 e. The molecule has 0 fully saturated rings. The Morgan fingerprint density at radius 3 is 2.50 bits per heavy atom. The van der Waals surface area contributed by atoms with E-state index in [2.05, 4.69) is 18.5 Å². The molecule has 0 rings (SSSR count). The number of rotatable bonds is 6. The molecule has 2 N–H and O–H groups in total. The van der Waals surface area contributed by atoms with Crippen molar-refractivity contribution < 1.29 is 5.11 Å². The van der Waals surface area contributed by atoms with Crippen LogP contribution in [0.15, 0.2) is 0 Å². The molecule has 0 aliphatic carbocycles. The zero-order valence-corrected chi connectivity index (χ0v) is 9.37. The van der Waals surface area contributed by atoms with Crippen LogP contribution in [-0.2, 0) is 0 Å². The molecule has 0 spiro atoms. The highest BCUT2D eigenvalue weighted by Gasteiger charge is 2.11. The summed E-state index contributed by atoms with van der Waals surface area (Å²) >= 11 is 1.87. The lowest BCUT2D eigenvalue weighted by Crippen LogP contribution is -2.37. The van der Waals surface area contributed by atoms with Crippen LogP contribution in [0.25, 0.3) is 0 Å². The average Bonchev–Trinajstić information content (AvgIpc) is 1.84. The van der Waals surface area contributed by atoms with Gasteiger partial charge in [-0.2, -0.15) is 11.8 Å². The van der Waals surface area contributed by atoms with Crippen molar-refractivity contribution in [2.45, 2.75) is 26.4 Å². The van der Waals surface area contributed by atoms with E-state index in [0.717, 1.165) is 6.54 Å². The van der Waals surface area contributed by atoms with Gasteiger partial charge in [0.05, 0.1) is 5.60 Å².